The zero-order chi connectivity index (χ0) is 11.1. The molecular formula is C11H18N2OS. The molecule has 0 aliphatic carbocycles. The smallest absolute Gasteiger partial charge is 0.213 e. The number of rotatable bonds is 6. The normalized spacial score (nSPS) is 12.5. The average Bonchev–Trinajstić information content (AvgIpc) is 2.27. The molecule has 0 spiro atoms. The van der Waals surface area contributed by atoms with Gasteiger partial charge in [0.25, 0.3) is 0 Å². The molecule has 0 aromatic carbocycles. The molecule has 0 saturated carbocycles. The van der Waals surface area contributed by atoms with Crippen LogP contribution < -0.4 is 10.5 Å². The van der Waals surface area contributed by atoms with Crippen molar-refractivity contribution in [3.63, 3.8) is 0 Å². The fourth-order valence-electron chi connectivity index (χ4n) is 1.20. The molecule has 1 atom stereocenters. The summed E-state index contributed by atoms with van der Waals surface area (Å²) >= 11 is 1.88. The number of methoxy groups -OCH3 is 1. The zero-order valence-corrected chi connectivity index (χ0v) is 10.1. The Morgan fingerprint density at radius 2 is 2.33 bits per heavy atom. The lowest BCUT2D eigenvalue weighted by atomic mass is 10.3. The van der Waals surface area contributed by atoms with E-state index >= 15 is 0 Å². The van der Waals surface area contributed by atoms with Crippen LogP contribution in [-0.4, -0.2) is 23.9 Å². The Morgan fingerprint density at radius 3 is 3.00 bits per heavy atom. The number of ether oxygens (including phenoxy) is 1. The van der Waals surface area contributed by atoms with Crippen LogP contribution in [0.25, 0.3) is 0 Å². The van der Waals surface area contributed by atoms with Crippen LogP contribution in [0.3, 0.4) is 0 Å². The highest BCUT2D eigenvalue weighted by molar-refractivity contribution is 7.99. The van der Waals surface area contributed by atoms with E-state index in [0.717, 1.165) is 24.4 Å². The van der Waals surface area contributed by atoms with E-state index in [9.17, 15) is 0 Å². The predicted molar refractivity (Wildman–Crippen MR) is 65.2 cm³/mol. The number of thioether (sulfide) groups is 1. The van der Waals surface area contributed by atoms with E-state index in [1.54, 1.807) is 7.11 Å². The van der Waals surface area contributed by atoms with Crippen LogP contribution in [0.1, 0.15) is 19.0 Å². The van der Waals surface area contributed by atoms with Gasteiger partial charge in [0.05, 0.1) is 12.8 Å². The van der Waals surface area contributed by atoms with Gasteiger partial charge in [-0.3, -0.25) is 0 Å². The molecule has 1 aromatic heterocycles. The number of hydrogen-bond donors (Lipinski definition) is 1. The molecule has 4 heteroatoms. The van der Waals surface area contributed by atoms with Gasteiger partial charge in [-0.1, -0.05) is 13.0 Å². The molecule has 1 rings (SSSR count). The molecule has 3 nitrogen and oxygen atoms in total. The van der Waals surface area contributed by atoms with Gasteiger partial charge in [-0.05, 0) is 19.0 Å². The van der Waals surface area contributed by atoms with Gasteiger partial charge in [0.2, 0.25) is 5.88 Å². The number of nitrogens with zero attached hydrogens (tertiary/aromatic N) is 1. The summed E-state index contributed by atoms with van der Waals surface area (Å²) < 4.78 is 5.07. The largest absolute Gasteiger partial charge is 0.481 e. The highest BCUT2D eigenvalue weighted by Crippen LogP contribution is 2.19. The van der Waals surface area contributed by atoms with Crippen molar-refractivity contribution >= 4 is 11.8 Å². The van der Waals surface area contributed by atoms with E-state index in [-0.39, 0.29) is 0 Å². The van der Waals surface area contributed by atoms with Gasteiger partial charge in [0.1, 0.15) is 0 Å². The van der Waals surface area contributed by atoms with Gasteiger partial charge < -0.3 is 10.5 Å². The van der Waals surface area contributed by atoms with Crippen molar-refractivity contribution < 1.29 is 4.74 Å². The van der Waals surface area contributed by atoms with Gasteiger partial charge in [0, 0.05) is 17.1 Å². The van der Waals surface area contributed by atoms with Crippen LogP contribution in [0.4, 0.5) is 0 Å². The molecule has 0 bridgehead atoms. The first-order valence-corrected chi connectivity index (χ1v) is 6.12. The number of pyridine rings is 1. The lowest BCUT2D eigenvalue weighted by Gasteiger charge is -2.09. The lowest BCUT2D eigenvalue weighted by Crippen LogP contribution is -2.07. The van der Waals surface area contributed by atoms with Crippen LogP contribution in [0.5, 0.6) is 5.88 Å². The third kappa shape index (κ3) is 4.53. The summed E-state index contributed by atoms with van der Waals surface area (Å²) in [6.07, 6.45) is 1.05. The SMILES string of the molecule is COc1cccc(CSC(C)CCN)n1. The maximum absolute atomic E-state index is 5.50. The molecule has 1 unspecified atom stereocenters. The van der Waals surface area contributed by atoms with Crippen LogP contribution in [-0.2, 0) is 5.75 Å². The summed E-state index contributed by atoms with van der Waals surface area (Å²) in [6.45, 7) is 2.94. The van der Waals surface area contributed by atoms with Crippen molar-refractivity contribution in [1.29, 1.82) is 0 Å². The first-order valence-electron chi connectivity index (χ1n) is 5.08. The van der Waals surface area contributed by atoms with Gasteiger partial charge in [-0.25, -0.2) is 4.98 Å². The Labute approximate surface area is 95.4 Å². The van der Waals surface area contributed by atoms with Crippen molar-refractivity contribution in [3.8, 4) is 5.88 Å². The number of nitrogens with two attached hydrogens (primary N) is 1. The maximum Gasteiger partial charge on any atom is 0.213 e. The third-order valence-corrected chi connectivity index (χ3v) is 3.35. The zero-order valence-electron chi connectivity index (χ0n) is 9.27. The van der Waals surface area contributed by atoms with Gasteiger partial charge in [-0.2, -0.15) is 11.8 Å². The summed E-state index contributed by atoms with van der Waals surface area (Å²) in [7, 11) is 1.64. The lowest BCUT2D eigenvalue weighted by molar-refractivity contribution is 0.397. The molecule has 1 aromatic rings. The molecule has 0 aliphatic heterocycles. The summed E-state index contributed by atoms with van der Waals surface area (Å²) in [4.78, 5) is 4.35. The summed E-state index contributed by atoms with van der Waals surface area (Å²) in [5.74, 6) is 1.60. The summed E-state index contributed by atoms with van der Waals surface area (Å²) in [5.41, 5.74) is 6.55. The van der Waals surface area contributed by atoms with Gasteiger partial charge in [0.15, 0.2) is 0 Å². The molecule has 0 saturated heterocycles. The van der Waals surface area contributed by atoms with Crippen LogP contribution >= 0.6 is 11.8 Å². The molecule has 0 radical (unpaired) electrons. The minimum absolute atomic E-state index is 0.586. The number of hydrogen-bond acceptors (Lipinski definition) is 4. The molecule has 2 N–H and O–H groups in total. The van der Waals surface area contributed by atoms with E-state index in [0.29, 0.717) is 11.1 Å². The second kappa shape index (κ2) is 6.69. The van der Waals surface area contributed by atoms with Crippen molar-refractivity contribution in [2.45, 2.75) is 24.3 Å². The standard InChI is InChI=1S/C11H18N2OS/c1-9(6-7-12)15-8-10-4-3-5-11(13-10)14-2/h3-5,9H,6-8,12H2,1-2H3. The molecule has 0 amide bonds. The average molecular weight is 226 g/mol. The van der Waals surface area contributed by atoms with E-state index < -0.39 is 0 Å². The van der Waals surface area contributed by atoms with Crippen LogP contribution in [0.15, 0.2) is 18.2 Å². The molecular weight excluding hydrogens is 208 g/mol. The Bertz CT molecular complexity index is 294. The van der Waals surface area contributed by atoms with Crippen molar-refractivity contribution in [2.24, 2.45) is 5.73 Å². The molecule has 15 heavy (non-hydrogen) atoms. The second-order valence-electron chi connectivity index (χ2n) is 3.37. The monoisotopic (exact) mass is 226 g/mol. The minimum atomic E-state index is 0.586. The van der Waals surface area contributed by atoms with E-state index in [2.05, 4.69) is 11.9 Å². The van der Waals surface area contributed by atoms with Crippen molar-refractivity contribution in [1.82, 2.24) is 4.98 Å². The third-order valence-electron chi connectivity index (χ3n) is 2.08. The predicted octanol–water partition coefficient (Wildman–Crippen LogP) is 2.06. The second-order valence-corrected chi connectivity index (χ2v) is 4.80. The van der Waals surface area contributed by atoms with Crippen molar-refractivity contribution in [2.75, 3.05) is 13.7 Å². The Hall–Kier alpha value is -0.740. The summed E-state index contributed by atoms with van der Waals surface area (Å²) in [5, 5.41) is 0.586. The molecule has 1 heterocycles. The Morgan fingerprint density at radius 1 is 1.53 bits per heavy atom. The van der Waals surface area contributed by atoms with E-state index in [4.69, 9.17) is 10.5 Å². The fraction of sp³-hybridized carbons (Fsp3) is 0.545. The Balaban J connectivity index is 2.43. The Kier molecular flexibility index (Phi) is 5.50. The highest BCUT2D eigenvalue weighted by atomic mass is 32.2. The van der Waals surface area contributed by atoms with E-state index in [1.165, 1.54) is 0 Å². The number of aromatic nitrogens is 1. The van der Waals surface area contributed by atoms with Crippen molar-refractivity contribution in [3.05, 3.63) is 23.9 Å². The first-order chi connectivity index (χ1) is 7.26. The summed E-state index contributed by atoms with van der Waals surface area (Å²) in [6, 6.07) is 5.84. The topological polar surface area (TPSA) is 48.1 Å². The first kappa shape index (κ1) is 12.3. The van der Waals surface area contributed by atoms with Crippen LogP contribution in [0, 0.1) is 0 Å². The minimum Gasteiger partial charge on any atom is -0.481 e. The molecule has 0 fully saturated rings. The molecule has 84 valence electrons. The fourth-order valence-corrected chi connectivity index (χ4v) is 2.12. The van der Waals surface area contributed by atoms with Gasteiger partial charge in [-0.15, -0.1) is 0 Å². The quantitative estimate of drug-likeness (QED) is 0.806. The van der Waals surface area contributed by atoms with Crippen LogP contribution in [0.2, 0.25) is 0 Å². The van der Waals surface area contributed by atoms with E-state index in [1.807, 2.05) is 30.0 Å². The molecule has 0 aliphatic rings. The highest BCUT2D eigenvalue weighted by Gasteiger charge is 2.03. The van der Waals surface area contributed by atoms with Gasteiger partial charge >= 0.3 is 0 Å². The maximum atomic E-state index is 5.50.